The van der Waals surface area contributed by atoms with Gasteiger partial charge in [0.25, 0.3) is 0 Å². The Hall–Kier alpha value is -2.83. The number of rotatable bonds is 5. The van der Waals surface area contributed by atoms with E-state index in [1.807, 2.05) is 30.5 Å². The van der Waals surface area contributed by atoms with E-state index >= 15 is 0 Å². The van der Waals surface area contributed by atoms with Gasteiger partial charge in [0, 0.05) is 28.7 Å². The number of H-pyrrole nitrogens is 1. The molecule has 1 atom stereocenters. The second kappa shape index (κ2) is 6.58. The minimum absolute atomic E-state index is 0.108. The molecular formula is C22H20N2O. The Bertz CT molecular complexity index is 963. The Morgan fingerprint density at radius 2 is 2.00 bits per heavy atom. The number of terminal acetylenes is 1. The first-order valence-electron chi connectivity index (χ1n) is 8.62. The number of Topliss-reactive ketones (excluding diaryl/α,β-unsaturated/α-hetero) is 1. The lowest BCUT2D eigenvalue weighted by Gasteiger charge is -2.27. The summed E-state index contributed by atoms with van der Waals surface area (Å²) >= 11 is 0. The van der Waals surface area contributed by atoms with Crippen molar-refractivity contribution in [2.24, 2.45) is 0 Å². The number of nitrogens with zero attached hydrogens (tertiary/aromatic N) is 1. The van der Waals surface area contributed by atoms with Crippen LogP contribution in [-0.4, -0.2) is 28.8 Å². The molecule has 2 aromatic carbocycles. The van der Waals surface area contributed by atoms with Crippen molar-refractivity contribution in [1.82, 2.24) is 9.88 Å². The second-order valence-corrected chi connectivity index (χ2v) is 6.53. The number of aromatic amines is 1. The van der Waals surface area contributed by atoms with Gasteiger partial charge in [0.05, 0.1) is 13.1 Å². The average Bonchev–Trinajstić information content (AvgIpc) is 3.25. The highest BCUT2D eigenvalue weighted by molar-refractivity contribution is 6.08. The maximum atomic E-state index is 12.9. The molecule has 0 aliphatic heterocycles. The Balaban J connectivity index is 1.61. The summed E-state index contributed by atoms with van der Waals surface area (Å²) in [5.74, 6) is 2.84. The van der Waals surface area contributed by atoms with Gasteiger partial charge in [-0.3, -0.25) is 9.69 Å². The molecule has 1 unspecified atom stereocenters. The number of carbonyl (C=O) groups is 1. The maximum Gasteiger partial charge on any atom is 0.179 e. The van der Waals surface area contributed by atoms with Gasteiger partial charge in [-0.2, -0.15) is 0 Å². The number of aryl methyl sites for hydroxylation is 1. The van der Waals surface area contributed by atoms with Crippen LogP contribution in [0.1, 0.15) is 33.9 Å². The number of para-hydroxylation sites is 1. The third kappa shape index (κ3) is 2.86. The molecule has 0 spiro atoms. The zero-order chi connectivity index (χ0) is 17.2. The third-order valence-electron chi connectivity index (χ3n) is 5.07. The van der Waals surface area contributed by atoms with Crippen molar-refractivity contribution in [3.63, 3.8) is 0 Å². The topological polar surface area (TPSA) is 36.1 Å². The van der Waals surface area contributed by atoms with Crippen LogP contribution in [0.3, 0.4) is 0 Å². The summed E-state index contributed by atoms with van der Waals surface area (Å²) in [5, 5.41) is 0.972. The normalized spacial score (nSPS) is 16.1. The molecule has 124 valence electrons. The molecule has 3 heteroatoms. The lowest BCUT2D eigenvalue weighted by Crippen LogP contribution is -2.33. The smallest absolute Gasteiger partial charge is 0.179 e. The van der Waals surface area contributed by atoms with Crippen LogP contribution in [0.25, 0.3) is 10.9 Å². The van der Waals surface area contributed by atoms with Crippen molar-refractivity contribution in [2.45, 2.75) is 18.9 Å². The van der Waals surface area contributed by atoms with Crippen LogP contribution >= 0.6 is 0 Å². The molecule has 0 fully saturated rings. The molecule has 25 heavy (non-hydrogen) atoms. The van der Waals surface area contributed by atoms with Crippen LogP contribution in [0.4, 0.5) is 0 Å². The second-order valence-electron chi connectivity index (χ2n) is 6.53. The highest BCUT2D eigenvalue weighted by atomic mass is 16.1. The quantitative estimate of drug-likeness (QED) is 0.568. The molecule has 1 heterocycles. The predicted molar refractivity (Wildman–Crippen MR) is 101 cm³/mol. The van der Waals surface area contributed by atoms with Gasteiger partial charge < -0.3 is 4.98 Å². The molecule has 4 rings (SSSR count). The molecule has 1 N–H and O–H groups in total. The number of fused-ring (bicyclic) bond motifs is 2. The van der Waals surface area contributed by atoms with Crippen molar-refractivity contribution < 1.29 is 4.79 Å². The molecule has 0 saturated heterocycles. The number of nitrogens with one attached hydrogen (secondary N) is 1. The summed E-state index contributed by atoms with van der Waals surface area (Å²) in [6, 6.07) is 16.6. The molecule has 3 aromatic rings. The van der Waals surface area contributed by atoms with Gasteiger partial charge in [0.2, 0.25) is 0 Å². The molecule has 1 aliphatic rings. The molecule has 0 bridgehead atoms. The summed E-state index contributed by atoms with van der Waals surface area (Å²) in [4.78, 5) is 18.3. The van der Waals surface area contributed by atoms with E-state index in [4.69, 9.17) is 6.42 Å². The highest BCUT2D eigenvalue weighted by Gasteiger charge is 2.29. The largest absolute Gasteiger partial charge is 0.360 e. The van der Waals surface area contributed by atoms with Gasteiger partial charge in [0.1, 0.15) is 0 Å². The number of hydrogen-bond donors (Lipinski definition) is 1. The van der Waals surface area contributed by atoms with E-state index in [0.717, 1.165) is 29.3 Å². The van der Waals surface area contributed by atoms with Gasteiger partial charge in [-0.05, 0) is 30.0 Å². The van der Waals surface area contributed by atoms with Crippen LogP contribution in [0.2, 0.25) is 0 Å². The van der Waals surface area contributed by atoms with Crippen LogP contribution in [0.5, 0.6) is 0 Å². The van der Waals surface area contributed by atoms with Crippen molar-refractivity contribution in [3.8, 4) is 12.3 Å². The van der Waals surface area contributed by atoms with Gasteiger partial charge in [-0.1, -0.05) is 48.4 Å². The Kier molecular flexibility index (Phi) is 4.13. The fourth-order valence-corrected chi connectivity index (χ4v) is 3.88. The molecule has 1 aromatic heterocycles. The first-order valence-corrected chi connectivity index (χ1v) is 8.62. The predicted octanol–water partition coefficient (Wildman–Crippen LogP) is 3.97. The van der Waals surface area contributed by atoms with Crippen molar-refractivity contribution in [1.29, 1.82) is 0 Å². The molecule has 0 saturated carbocycles. The van der Waals surface area contributed by atoms with Crippen LogP contribution in [0.15, 0.2) is 54.7 Å². The number of hydrogen-bond acceptors (Lipinski definition) is 2. The van der Waals surface area contributed by atoms with Crippen LogP contribution in [-0.2, 0) is 6.42 Å². The fourth-order valence-electron chi connectivity index (χ4n) is 3.88. The molecule has 1 aliphatic carbocycles. The zero-order valence-corrected chi connectivity index (χ0v) is 14.0. The summed E-state index contributed by atoms with van der Waals surface area (Å²) < 4.78 is 0. The molecule has 0 radical (unpaired) electrons. The SMILES string of the molecule is C#CCN(CC(=O)c1c[nH]c2ccccc12)C1CCc2ccccc21. The van der Waals surface area contributed by atoms with Crippen LogP contribution in [0, 0.1) is 12.3 Å². The lowest BCUT2D eigenvalue weighted by molar-refractivity contribution is 0.0908. The minimum atomic E-state index is 0.108. The van der Waals surface area contributed by atoms with E-state index in [1.165, 1.54) is 11.1 Å². The van der Waals surface area contributed by atoms with E-state index < -0.39 is 0 Å². The number of benzene rings is 2. The zero-order valence-electron chi connectivity index (χ0n) is 14.0. The molecular weight excluding hydrogens is 308 g/mol. The number of aromatic nitrogens is 1. The Morgan fingerprint density at radius 1 is 1.20 bits per heavy atom. The maximum absolute atomic E-state index is 12.9. The van der Waals surface area contributed by atoms with E-state index in [0.29, 0.717) is 13.1 Å². The third-order valence-corrected chi connectivity index (χ3v) is 5.07. The highest BCUT2D eigenvalue weighted by Crippen LogP contribution is 2.35. The van der Waals surface area contributed by atoms with Crippen molar-refractivity contribution in [2.75, 3.05) is 13.1 Å². The first-order chi connectivity index (χ1) is 12.3. The average molecular weight is 328 g/mol. The Labute approximate surface area is 147 Å². The summed E-state index contributed by atoms with van der Waals surface area (Å²) in [6.45, 7) is 0.818. The van der Waals surface area contributed by atoms with Crippen molar-refractivity contribution in [3.05, 3.63) is 71.4 Å². The van der Waals surface area contributed by atoms with Gasteiger partial charge in [-0.15, -0.1) is 6.42 Å². The lowest BCUT2D eigenvalue weighted by atomic mass is 10.0. The summed E-state index contributed by atoms with van der Waals surface area (Å²) in [6.07, 6.45) is 9.46. The Morgan fingerprint density at radius 3 is 2.88 bits per heavy atom. The van der Waals surface area contributed by atoms with E-state index in [9.17, 15) is 4.79 Å². The summed E-state index contributed by atoms with van der Waals surface area (Å²) in [7, 11) is 0. The first kappa shape index (κ1) is 15.7. The monoisotopic (exact) mass is 328 g/mol. The minimum Gasteiger partial charge on any atom is -0.360 e. The molecule has 3 nitrogen and oxygen atoms in total. The van der Waals surface area contributed by atoms with Gasteiger partial charge >= 0.3 is 0 Å². The van der Waals surface area contributed by atoms with E-state index in [2.05, 4.69) is 40.1 Å². The van der Waals surface area contributed by atoms with Gasteiger partial charge in [0.15, 0.2) is 5.78 Å². The summed E-state index contributed by atoms with van der Waals surface area (Å²) in [5.41, 5.74) is 4.41. The fraction of sp³-hybridized carbons (Fsp3) is 0.227. The van der Waals surface area contributed by atoms with Gasteiger partial charge in [-0.25, -0.2) is 0 Å². The van der Waals surface area contributed by atoms with E-state index in [-0.39, 0.29) is 11.8 Å². The standard InChI is InChI=1S/C22H20N2O/c1-2-13-24(21-12-11-16-7-3-4-8-17(16)21)15-22(25)19-14-23-20-10-6-5-9-18(19)20/h1,3-10,14,21,23H,11-13,15H2. The van der Waals surface area contributed by atoms with Crippen molar-refractivity contribution >= 4 is 16.7 Å². The number of carbonyl (C=O) groups excluding carboxylic acids is 1. The van der Waals surface area contributed by atoms with Crippen LogP contribution < -0.4 is 0 Å². The molecule has 0 amide bonds. The number of ketones is 1. The van der Waals surface area contributed by atoms with E-state index in [1.54, 1.807) is 0 Å².